The number of benzene rings is 1. The molecule has 0 radical (unpaired) electrons. The second-order valence-electron chi connectivity index (χ2n) is 2.15. The van der Waals surface area contributed by atoms with Gasteiger partial charge in [-0.2, -0.15) is 31.4 Å². The first-order valence-corrected chi connectivity index (χ1v) is 4.49. The van der Waals surface area contributed by atoms with Crippen LogP contribution in [0, 0.1) is 28.7 Å². The third kappa shape index (κ3) is 7.93. The molecule has 0 aliphatic heterocycles. The molecule has 0 bridgehead atoms. The fourth-order valence-electron chi connectivity index (χ4n) is 1.07. The van der Waals surface area contributed by atoms with Crippen molar-refractivity contribution in [3.05, 3.63) is 71.2 Å². The van der Waals surface area contributed by atoms with E-state index in [4.69, 9.17) is 0 Å². The minimum absolute atomic E-state index is 0. The molecule has 0 amide bonds. The van der Waals surface area contributed by atoms with Crippen LogP contribution < -0.4 is 0 Å². The third-order valence-corrected chi connectivity index (χ3v) is 1.55. The van der Waals surface area contributed by atoms with E-state index >= 15 is 0 Å². The molecule has 2 rings (SSSR count). The van der Waals surface area contributed by atoms with Crippen molar-refractivity contribution >= 4 is 10.8 Å². The number of fused-ring (bicyclic) bond motifs is 1. The van der Waals surface area contributed by atoms with E-state index < -0.39 is 0 Å². The van der Waals surface area contributed by atoms with Crippen LogP contribution in [0.1, 0.15) is 13.8 Å². The Bertz CT molecular complexity index is 279. The molecule has 16 heavy (non-hydrogen) atoms. The molecular weight excluding hydrogens is 271 g/mol. The Labute approximate surface area is 122 Å². The van der Waals surface area contributed by atoms with Crippen LogP contribution in [0.15, 0.2) is 42.5 Å². The van der Waals surface area contributed by atoms with Crippen molar-refractivity contribution in [2.45, 2.75) is 13.8 Å². The first kappa shape index (κ1) is 24.8. The van der Waals surface area contributed by atoms with Crippen LogP contribution in [-0.4, -0.2) is 0 Å². The van der Waals surface area contributed by atoms with Crippen LogP contribution in [-0.2, 0) is 26.2 Å². The number of hydrogen-bond donors (Lipinski definition) is 0. The largest absolute Gasteiger partial charge is 0.358 e. The van der Waals surface area contributed by atoms with Crippen molar-refractivity contribution in [1.82, 2.24) is 0 Å². The van der Waals surface area contributed by atoms with Gasteiger partial charge in [0.05, 0.1) is 0 Å². The van der Waals surface area contributed by atoms with Crippen molar-refractivity contribution < 1.29 is 26.2 Å². The van der Waals surface area contributed by atoms with Crippen LogP contribution in [0.3, 0.4) is 0 Å². The van der Waals surface area contributed by atoms with Crippen LogP contribution in [0.25, 0.3) is 10.8 Å². The van der Waals surface area contributed by atoms with Crippen LogP contribution >= 0.6 is 0 Å². The van der Waals surface area contributed by atoms with Gasteiger partial charge in [0.2, 0.25) is 0 Å². The summed E-state index contributed by atoms with van der Waals surface area (Å²) >= 11 is 0. The van der Waals surface area contributed by atoms with E-state index in [-0.39, 0.29) is 41.1 Å². The van der Waals surface area contributed by atoms with E-state index in [9.17, 15) is 0 Å². The Kier molecular flexibility index (Phi) is 26.5. The quantitative estimate of drug-likeness (QED) is 0.590. The molecule has 92 valence electrons. The molecule has 2 aromatic carbocycles. The van der Waals surface area contributed by atoms with Crippen molar-refractivity contribution in [2.24, 2.45) is 0 Å². The summed E-state index contributed by atoms with van der Waals surface area (Å²) in [4.78, 5) is 0. The number of hydrogen-bond acceptors (Lipinski definition) is 0. The van der Waals surface area contributed by atoms with Gasteiger partial charge in [0.25, 0.3) is 0 Å². The molecule has 2 aromatic rings. The molecule has 0 aliphatic rings. The molecule has 0 spiro atoms. The minimum atomic E-state index is 0. The van der Waals surface area contributed by atoms with E-state index in [0.717, 1.165) is 0 Å². The molecule has 0 aliphatic carbocycles. The van der Waals surface area contributed by atoms with Gasteiger partial charge in [0.1, 0.15) is 0 Å². The molecule has 0 unspecified atom stereocenters. The topological polar surface area (TPSA) is 0 Å². The van der Waals surface area contributed by atoms with Gasteiger partial charge < -0.3 is 28.7 Å². The zero-order valence-corrected chi connectivity index (χ0v) is 13.4. The summed E-state index contributed by atoms with van der Waals surface area (Å²) < 4.78 is 0. The average Bonchev–Trinajstić information content (AvgIpc) is 2.71. The normalized spacial score (nSPS) is 6.50. The van der Waals surface area contributed by atoms with Gasteiger partial charge in [0, 0.05) is 26.2 Å². The van der Waals surface area contributed by atoms with E-state index in [1.54, 1.807) is 13.8 Å². The molecule has 0 N–H and O–H groups in total. The first-order valence-electron chi connectivity index (χ1n) is 4.49. The summed E-state index contributed by atoms with van der Waals surface area (Å²) in [5, 5.41) is 2.66. The summed E-state index contributed by atoms with van der Waals surface area (Å²) in [5.41, 5.74) is 0. The third-order valence-electron chi connectivity index (χ3n) is 1.55. The van der Waals surface area contributed by atoms with Crippen molar-refractivity contribution in [2.75, 3.05) is 0 Å². The number of rotatable bonds is 0. The second kappa shape index (κ2) is 17.1. The summed E-state index contributed by atoms with van der Waals surface area (Å²) in [5.74, 6) is 0. The van der Waals surface area contributed by atoms with Crippen LogP contribution in [0.5, 0.6) is 0 Å². The monoisotopic (exact) mass is 293 g/mol. The summed E-state index contributed by atoms with van der Waals surface area (Å²) in [6.07, 6.45) is 0. The smallest absolute Gasteiger partial charge is 0 e. The standard InChI is InChI=1S/C9H7.2C2H5.2CH3.Zr/c1-2-5-9-7-3-6-8(9)4-1;2*1-2;;;/h1-7H;2*1H2,2H3;2*1H3;/q5*-1;. The van der Waals surface area contributed by atoms with E-state index in [2.05, 4.69) is 56.3 Å². The summed E-state index contributed by atoms with van der Waals surface area (Å²) in [6.45, 7) is 10.0. The minimum Gasteiger partial charge on any atom is -0.358 e. The molecule has 0 aromatic heterocycles. The average molecular weight is 295 g/mol. The molecule has 0 saturated carbocycles. The summed E-state index contributed by atoms with van der Waals surface area (Å²) in [7, 11) is 0. The Morgan fingerprint density at radius 1 is 0.875 bits per heavy atom. The molecule has 1 heteroatoms. The molecule has 0 fully saturated rings. The predicted octanol–water partition coefficient (Wildman–Crippen LogP) is 5.14. The molecule has 0 saturated heterocycles. The molecule has 0 heterocycles. The van der Waals surface area contributed by atoms with Crippen molar-refractivity contribution in [3.8, 4) is 0 Å². The SMILES string of the molecule is [CH2-]C.[CH2-]C.[CH3-].[CH3-].[Zr].c1ccc2[cH-]ccc2c1. The van der Waals surface area contributed by atoms with Crippen molar-refractivity contribution in [1.29, 1.82) is 0 Å². The van der Waals surface area contributed by atoms with Crippen molar-refractivity contribution in [3.63, 3.8) is 0 Å². The van der Waals surface area contributed by atoms with Crippen LogP contribution in [0.4, 0.5) is 0 Å². The zero-order valence-electron chi connectivity index (χ0n) is 11.0. The summed E-state index contributed by atoms with van der Waals surface area (Å²) in [6, 6.07) is 14.7. The van der Waals surface area contributed by atoms with Gasteiger partial charge in [-0.1, -0.05) is 6.07 Å². The Morgan fingerprint density at radius 2 is 1.38 bits per heavy atom. The van der Waals surface area contributed by atoms with Gasteiger partial charge >= 0.3 is 0 Å². The maximum absolute atomic E-state index is 3.25. The fourth-order valence-corrected chi connectivity index (χ4v) is 1.07. The molecule has 0 atom stereocenters. The maximum Gasteiger partial charge on any atom is 0 e. The van der Waals surface area contributed by atoms with Gasteiger partial charge in [-0.05, 0) is 0 Å². The first-order chi connectivity index (χ1) is 6.47. The molecular formula is C15H23Zr-5. The van der Waals surface area contributed by atoms with Gasteiger partial charge in [-0.25, -0.2) is 0 Å². The maximum atomic E-state index is 3.25. The predicted molar refractivity (Wildman–Crippen MR) is 74.4 cm³/mol. The van der Waals surface area contributed by atoms with Gasteiger partial charge in [-0.3, -0.25) is 0 Å². The van der Waals surface area contributed by atoms with E-state index in [1.807, 2.05) is 0 Å². The fraction of sp³-hybridized carbons (Fsp3) is 0.133. The Hall–Kier alpha value is -0.287. The van der Waals surface area contributed by atoms with Gasteiger partial charge in [0.15, 0.2) is 0 Å². The second-order valence-corrected chi connectivity index (χ2v) is 2.15. The van der Waals surface area contributed by atoms with E-state index in [1.165, 1.54) is 10.8 Å². The zero-order chi connectivity index (χ0) is 10.1. The van der Waals surface area contributed by atoms with Crippen LogP contribution in [0.2, 0.25) is 0 Å². The Morgan fingerprint density at radius 3 is 1.88 bits per heavy atom. The van der Waals surface area contributed by atoms with E-state index in [0.29, 0.717) is 0 Å². The van der Waals surface area contributed by atoms with Gasteiger partial charge in [-0.15, -0.1) is 29.7 Å². The Balaban J connectivity index is -0.0000000943. The molecule has 0 nitrogen and oxygen atoms in total.